The number of nitrogens with two attached hydrogens (primary N) is 1. The molecule has 1 heterocycles. The van der Waals surface area contributed by atoms with Crippen molar-refractivity contribution in [1.82, 2.24) is 4.98 Å². The van der Waals surface area contributed by atoms with E-state index in [4.69, 9.17) is 5.73 Å². The second-order valence-corrected chi connectivity index (χ2v) is 2.67. The molecule has 0 saturated heterocycles. The lowest BCUT2D eigenvalue weighted by molar-refractivity contribution is 0.0992. The molecule has 76 valence electrons. The van der Waals surface area contributed by atoms with Crippen LogP contribution in [0.5, 0.6) is 0 Å². The highest BCUT2D eigenvalue weighted by Gasteiger charge is 2.18. The first-order valence-corrected chi connectivity index (χ1v) is 3.68. The third-order valence-corrected chi connectivity index (χ3v) is 1.75. The Morgan fingerprint density at radius 1 is 1.57 bits per heavy atom. The average molecular weight is 204 g/mol. The maximum atomic E-state index is 12.7. The number of hydrogen-bond donors (Lipinski definition) is 1. The van der Waals surface area contributed by atoms with Gasteiger partial charge in [-0.1, -0.05) is 0 Å². The van der Waals surface area contributed by atoms with Crippen LogP contribution in [0.3, 0.4) is 0 Å². The zero-order valence-corrected chi connectivity index (χ0v) is 7.22. The molecule has 0 aromatic carbocycles. The van der Waals surface area contributed by atoms with E-state index in [1.807, 2.05) is 0 Å². The van der Waals surface area contributed by atoms with E-state index in [-0.39, 0.29) is 5.56 Å². The van der Waals surface area contributed by atoms with Crippen molar-refractivity contribution in [3.63, 3.8) is 0 Å². The van der Waals surface area contributed by atoms with Gasteiger partial charge in [-0.05, 0) is 12.5 Å². The summed E-state index contributed by atoms with van der Waals surface area (Å²) in [7, 11) is 0. The van der Waals surface area contributed by atoms with Crippen molar-refractivity contribution in [2.75, 3.05) is 0 Å². The van der Waals surface area contributed by atoms with Gasteiger partial charge in [0.15, 0.2) is 0 Å². The molecule has 0 atom stereocenters. The Bertz CT molecular complexity index is 379. The van der Waals surface area contributed by atoms with Gasteiger partial charge in [-0.25, -0.2) is 13.8 Å². The van der Waals surface area contributed by atoms with Crippen LogP contribution in [-0.2, 0) is 0 Å². The molecule has 0 radical (unpaired) electrons. The largest absolute Gasteiger partial charge is 0.364 e. The van der Waals surface area contributed by atoms with E-state index in [2.05, 4.69) is 4.98 Å². The number of hydrogen-bond acceptors (Lipinski definition) is 2. The van der Waals surface area contributed by atoms with E-state index >= 15 is 0 Å². The highest BCUT2D eigenvalue weighted by molar-refractivity contribution is 5.92. The van der Waals surface area contributed by atoms with Crippen molar-refractivity contribution in [3.8, 4) is 0 Å². The first kappa shape index (κ1) is 10.5. The zero-order chi connectivity index (χ0) is 10.9. The summed E-state index contributed by atoms with van der Waals surface area (Å²) in [6.07, 6.45) is -2.86. The summed E-state index contributed by atoms with van der Waals surface area (Å²) >= 11 is 0. The molecule has 1 rings (SSSR count). The molecular weight excluding hydrogens is 197 g/mol. The summed E-state index contributed by atoms with van der Waals surface area (Å²) in [4.78, 5) is 13.8. The fraction of sp³-hybridized carbons (Fsp3) is 0.250. The lowest BCUT2D eigenvalue weighted by atomic mass is 10.1. The van der Waals surface area contributed by atoms with E-state index in [1.54, 1.807) is 0 Å². The summed E-state index contributed by atoms with van der Waals surface area (Å²) in [6.45, 7) is 1.24. The molecular formula is C8H7F3N2O. The van der Waals surface area contributed by atoms with Crippen LogP contribution in [0, 0.1) is 12.9 Å². The van der Waals surface area contributed by atoms with E-state index in [9.17, 15) is 18.0 Å². The second-order valence-electron chi connectivity index (χ2n) is 2.67. The minimum atomic E-state index is -2.86. The number of pyridine rings is 1. The van der Waals surface area contributed by atoms with Crippen LogP contribution < -0.4 is 5.73 Å². The fourth-order valence-electron chi connectivity index (χ4n) is 1.06. The molecule has 0 aliphatic heterocycles. The van der Waals surface area contributed by atoms with Gasteiger partial charge >= 0.3 is 0 Å². The Hall–Kier alpha value is -1.59. The van der Waals surface area contributed by atoms with Crippen LogP contribution >= 0.6 is 0 Å². The molecule has 0 unspecified atom stereocenters. The molecule has 6 heteroatoms. The van der Waals surface area contributed by atoms with Gasteiger partial charge in [0.05, 0.1) is 0 Å². The third-order valence-electron chi connectivity index (χ3n) is 1.75. The van der Waals surface area contributed by atoms with Gasteiger partial charge in [0, 0.05) is 11.6 Å². The Morgan fingerprint density at radius 3 is 2.57 bits per heavy atom. The van der Waals surface area contributed by atoms with Gasteiger partial charge < -0.3 is 5.73 Å². The number of carbonyl (C=O) groups excluding carboxylic acids is 1. The minimum absolute atomic E-state index is 0.0890. The highest BCUT2D eigenvalue weighted by Crippen LogP contribution is 2.24. The number of aromatic nitrogens is 1. The van der Waals surface area contributed by atoms with Crippen LogP contribution in [0.15, 0.2) is 6.07 Å². The quantitative estimate of drug-likeness (QED) is 0.743. The Kier molecular flexibility index (Phi) is 2.73. The molecule has 1 aromatic heterocycles. The van der Waals surface area contributed by atoms with Crippen LogP contribution in [0.1, 0.15) is 28.0 Å². The Balaban J connectivity index is 3.40. The first-order valence-electron chi connectivity index (χ1n) is 3.68. The SMILES string of the molecule is Cc1c(C(F)F)cc(F)nc1C(N)=O. The number of rotatable bonds is 2. The monoisotopic (exact) mass is 204 g/mol. The number of primary amides is 1. The van der Waals surface area contributed by atoms with Crippen molar-refractivity contribution in [2.45, 2.75) is 13.3 Å². The normalized spacial score (nSPS) is 10.6. The molecule has 0 fully saturated rings. The summed E-state index contributed by atoms with van der Waals surface area (Å²) in [5.41, 5.74) is 3.73. The molecule has 0 aliphatic rings. The van der Waals surface area contributed by atoms with E-state index in [0.717, 1.165) is 0 Å². The molecule has 14 heavy (non-hydrogen) atoms. The van der Waals surface area contributed by atoms with Crippen molar-refractivity contribution < 1.29 is 18.0 Å². The fourth-order valence-corrected chi connectivity index (χ4v) is 1.06. The highest BCUT2D eigenvalue weighted by atomic mass is 19.3. The zero-order valence-electron chi connectivity index (χ0n) is 7.22. The van der Waals surface area contributed by atoms with E-state index in [0.29, 0.717) is 6.07 Å². The Labute approximate surface area is 77.7 Å². The summed E-state index contributed by atoms with van der Waals surface area (Å²) in [5.74, 6) is -2.16. The van der Waals surface area contributed by atoms with Gasteiger partial charge in [-0.2, -0.15) is 4.39 Å². The average Bonchev–Trinajstić information content (AvgIpc) is 2.07. The van der Waals surface area contributed by atoms with Gasteiger partial charge in [0.25, 0.3) is 12.3 Å². The smallest absolute Gasteiger partial charge is 0.267 e. The third kappa shape index (κ3) is 1.84. The number of nitrogens with zero attached hydrogens (tertiary/aromatic N) is 1. The lowest BCUT2D eigenvalue weighted by Crippen LogP contribution is -2.17. The maximum absolute atomic E-state index is 12.7. The van der Waals surface area contributed by atoms with Crippen LogP contribution in [0.2, 0.25) is 0 Å². The van der Waals surface area contributed by atoms with E-state index < -0.39 is 29.5 Å². The molecule has 1 amide bonds. The molecule has 0 saturated carbocycles. The van der Waals surface area contributed by atoms with Crippen molar-refractivity contribution in [1.29, 1.82) is 0 Å². The van der Waals surface area contributed by atoms with Crippen LogP contribution in [0.4, 0.5) is 13.2 Å². The van der Waals surface area contributed by atoms with Gasteiger partial charge in [-0.3, -0.25) is 4.79 Å². The van der Waals surface area contributed by atoms with Crippen molar-refractivity contribution >= 4 is 5.91 Å². The van der Waals surface area contributed by atoms with Gasteiger partial charge in [0.2, 0.25) is 5.95 Å². The van der Waals surface area contributed by atoms with Crippen molar-refractivity contribution in [3.05, 3.63) is 28.8 Å². The number of halogens is 3. The predicted molar refractivity (Wildman–Crippen MR) is 42.4 cm³/mol. The summed E-state index contributed by atoms with van der Waals surface area (Å²) in [6, 6.07) is 0.590. The Morgan fingerprint density at radius 2 is 2.14 bits per heavy atom. The molecule has 1 aromatic rings. The first-order chi connectivity index (χ1) is 6.43. The summed E-state index contributed by atoms with van der Waals surface area (Å²) in [5, 5.41) is 0. The summed E-state index contributed by atoms with van der Waals surface area (Å²) < 4.78 is 37.3. The molecule has 3 nitrogen and oxygen atoms in total. The van der Waals surface area contributed by atoms with Crippen LogP contribution in [0.25, 0.3) is 0 Å². The van der Waals surface area contributed by atoms with Gasteiger partial charge in [0.1, 0.15) is 5.69 Å². The standard InChI is InChI=1S/C8H7F3N2O/c1-3-4(7(10)11)2-5(9)13-6(3)8(12)14/h2,7H,1H3,(H2,12,14). The van der Waals surface area contributed by atoms with Gasteiger partial charge in [-0.15, -0.1) is 0 Å². The number of amides is 1. The predicted octanol–water partition coefficient (Wildman–Crippen LogP) is 1.57. The maximum Gasteiger partial charge on any atom is 0.267 e. The number of carbonyl (C=O) groups is 1. The molecule has 0 bridgehead atoms. The minimum Gasteiger partial charge on any atom is -0.364 e. The topological polar surface area (TPSA) is 56.0 Å². The molecule has 0 spiro atoms. The number of alkyl halides is 2. The second kappa shape index (κ2) is 3.65. The van der Waals surface area contributed by atoms with Crippen molar-refractivity contribution in [2.24, 2.45) is 5.73 Å². The molecule has 0 aliphatic carbocycles. The van der Waals surface area contributed by atoms with Crippen LogP contribution in [-0.4, -0.2) is 10.9 Å². The van der Waals surface area contributed by atoms with E-state index in [1.165, 1.54) is 6.92 Å². The molecule has 2 N–H and O–H groups in total. The lowest BCUT2D eigenvalue weighted by Gasteiger charge is -2.07.